The number of aryl methyl sites for hydroxylation is 1. The predicted molar refractivity (Wildman–Crippen MR) is 98.2 cm³/mol. The van der Waals surface area contributed by atoms with Crippen LogP contribution in [0.5, 0.6) is 0 Å². The Morgan fingerprint density at radius 2 is 1.84 bits per heavy atom. The Hall–Kier alpha value is -2.72. The molecule has 0 aliphatic heterocycles. The minimum Gasteiger partial charge on any atom is -0.330 e. The molecule has 0 atom stereocenters. The first kappa shape index (κ1) is 17.1. The Labute approximate surface area is 152 Å². The molecule has 0 N–H and O–H groups in total. The van der Waals surface area contributed by atoms with Gasteiger partial charge in [-0.1, -0.05) is 41.9 Å². The van der Waals surface area contributed by atoms with E-state index in [1.807, 2.05) is 43.3 Å². The zero-order valence-corrected chi connectivity index (χ0v) is 14.6. The van der Waals surface area contributed by atoms with E-state index in [0.717, 1.165) is 16.7 Å². The predicted octanol–water partition coefficient (Wildman–Crippen LogP) is 4.28. The summed E-state index contributed by atoms with van der Waals surface area (Å²) in [6.07, 6.45) is 5.06. The standard InChI is InChI=1S/C20H18ClN3O/c1-15-6-2-3-8-17(15)14-24(13-16-7-4-10-22-12-16)20(25)18-9-5-11-23-19(18)21/h2-12H,13-14H2,1H3. The van der Waals surface area contributed by atoms with Gasteiger partial charge in [0.15, 0.2) is 0 Å². The van der Waals surface area contributed by atoms with Crippen LogP contribution >= 0.6 is 11.6 Å². The minimum atomic E-state index is -0.148. The number of pyridine rings is 2. The van der Waals surface area contributed by atoms with Crippen LogP contribution in [0.15, 0.2) is 67.1 Å². The van der Waals surface area contributed by atoms with E-state index in [-0.39, 0.29) is 11.1 Å². The van der Waals surface area contributed by atoms with Crippen LogP contribution in [0, 0.1) is 6.92 Å². The van der Waals surface area contributed by atoms with Crippen molar-refractivity contribution in [1.29, 1.82) is 0 Å². The highest BCUT2D eigenvalue weighted by Gasteiger charge is 2.20. The summed E-state index contributed by atoms with van der Waals surface area (Å²) in [5, 5.41) is 0.216. The summed E-state index contributed by atoms with van der Waals surface area (Å²) in [6, 6.07) is 15.3. The maximum atomic E-state index is 13.1. The second-order valence-corrected chi connectivity index (χ2v) is 6.15. The average molecular weight is 352 g/mol. The second-order valence-electron chi connectivity index (χ2n) is 5.79. The Bertz CT molecular complexity index is 868. The number of hydrogen-bond acceptors (Lipinski definition) is 3. The normalized spacial score (nSPS) is 10.5. The quantitative estimate of drug-likeness (QED) is 0.644. The van der Waals surface area contributed by atoms with E-state index < -0.39 is 0 Å². The van der Waals surface area contributed by atoms with Crippen LogP contribution in [0.1, 0.15) is 27.0 Å². The van der Waals surface area contributed by atoms with E-state index in [4.69, 9.17) is 11.6 Å². The van der Waals surface area contributed by atoms with Crippen molar-refractivity contribution in [3.8, 4) is 0 Å². The average Bonchev–Trinajstić information content (AvgIpc) is 2.64. The van der Waals surface area contributed by atoms with Gasteiger partial charge < -0.3 is 4.90 Å². The summed E-state index contributed by atoms with van der Waals surface area (Å²) in [6.45, 7) is 2.98. The lowest BCUT2D eigenvalue weighted by Crippen LogP contribution is -2.30. The lowest BCUT2D eigenvalue weighted by Gasteiger charge is -2.24. The molecule has 0 spiro atoms. The molecule has 5 heteroatoms. The van der Waals surface area contributed by atoms with E-state index in [9.17, 15) is 4.79 Å². The van der Waals surface area contributed by atoms with Crippen LogP contribution < -0.4 is 0 Å². The molecule has 0 aliphatic carbocycles. The monoisotopic (exact) mass is 351 g/mol. The fourth-order valence-corrected chi connectivity index (χ4v) is 2.82. The Kier molecular flexibility index (Phi) is 5.41. The van der Waals surface area contributed by atoms with E-state index in [2.05, 4.69) is 9.97 Å². The van der Waals surface area contributed by atoms with Crippen LogP contribution in [0.4, 0.5) is 0 Å². The van der Waals surface area contributed by atoms with Gasteiger partial charge in [-0.2, -0.15) is 0 Å². The number of hydrogen-bond donors (Lipinski definition) is 0. The van der Waals surface area contributed by atoms with Gasteiger partial charge in [0.2, 0.25) is 0 Å². The Balaban J connectivity index is 1.92. The van der Waals surface area contributed by atoms with Crippen molar-refractivity contribution in [2.75, 3.05) is 0 Å². The fraction of sp³-hybridized carbons (Fsp3) is 0.150. The highest BCUT2D eigenvalue weighted by atomic mass is 35.5. The van der Waals surface area contributed by atoms with Crippen molar-refractivity contribution < 1.29 is 4.79 Å². The number of aromatic nitrogens is 2. The number of rotatable bonds is 5. The van der Waals surface area contributed by atoms with E-state index in [1.165, 1.54) is 0 Å². The highest BCUT2D eigenvalue weighted by molar-refractivity contribution is 6.32. The third-order valence-electron chi connectivity index (χ3n) is 4.00. The Morgan fingerprint density at radius 3 is 2.56 bits per heavy atom. The SMILES string of the molecule is Cc1ccccc1CN(Cc1cccnc1)C(=O)c1cccnc1Cl. The molecule has 0 aliphatic rings. The van der Waals surface area contributed by atoms with Gasteiger partial charge in [-0.25, -0.2) is 4.98 Å². The fourth-order valence-electron chi connectivity index (χ4n) is 2.62. The van der Waals surface area contributed by atoms with Gasteiger partial charge in [0.1, 0.15) is 5.15 Å². The first-order valence-electron chi connectivity index (χ1n) is 7.98. The number of halogens is 1. The van der Waals surface area contributed by atoms with E-state index >= 15 is 0 Å². The first-order chi connectivity index (χ1) is 12.1. The van der Waals surface area contributed by atoms with Gasteiger partial charge in [0.25, 0.3) is 5.91 Å². The van der Waals surface area contributed by atoms with Gasteiger partial charge in [-0.15, -0.1) is 0 Å². The van der Waals surface area contributed by atoms with Crippen molar-refractivity contribution in [3.05, 3.63) is 94.5 Å². The lowest BCUT2D eigenvalue weighted by molar-refractivity contribution is 0.0729. The van der Waals surface area contributed by atoms with Crippen molar-refractivity contribution in [3.63, 3.8) is 0 Å². The molecule has 1 aromatic carbocycles. The molecule has 0 saturated heterocycles. The van der Waals surface area contributed by atoms with Crippen molar-refractivity contribution >= 4 is 17.5 Å². The van der Waals surface area contributed by atoms with Crippen LogP contribution in [0.2, 0.25) is 5.15 Å². The number of amides is 1. The highest BCUT2D eigenvalue weighted by Crippen LogP contribution is 2.19. The molecular formula is C20H18ClN3O. The molecule has 3 rings (SSSR count). The van der Waals surface area contributed by atoms with Crippen LogP contribution in [-0.2, 0) is 13.1 Å². The summed E-state index contributed by atoms with van der Waals surface area (Å²) < 4.78 is 0. The summed E-state index contributed by atoms with van der Waals surface area (Å²) in [5.41, 5.74) is 3.61. The molecule has 4 nitrogen and oxygen atoms in total. The van der Waals surface area contributed by atoms with E-state index in [0.29, 0.717) is 18.7 Å². The molecule has 3 aromatic rings. The molecule has 2 aromatic heterocycles. The molecule has 0 saturated carbocycles. The van der Waals surface area contributed by atoms with Crippen molar-refractivity contribution in [2.24, 2.45) is 0 Å². The topological polar surface area (TPSA) is 46.1 Å². The molecule has 25 heavy (non-hydrogen) atoms. The number of nitrogens with zero attached hydrogens (tertiary/aromatic N) is 3. The summed E-state index contributed by atoms with van der Waals surface area (Å²) in [4.78, 5) is 23.0. The zero-order chi connectivity index (χ0) is 17.6. The van der Waals surface area contributed by atoms with Gasteiger partial charge in [-0.05, 0) is 41.8 Å². The molecule has 0 unspecified atom stereocenters. The molecule has 0 fully saturated rings. The maximum absolute atomic E-state index is 13.1. The van der Waals surface area contributed by atoms with Gasteiger partial charge >= 0.3 is 0 Å². The third-order valence-corrected chi connectivity index (χ3v) is 4.30. The van der Waals surface area contributed by atoms with Crippen LogP contribution in [0.25, 0.3) is 0 Å². The van der Waals surface area contributed by atoms with Crippen molar-refractivity contribution in [2.45, 2.75) is 20.0 Å². The maximum Gasteiger partial charge on any atom is 0.257 e. The minimum absolute atomic E-state index is 0.148. The van der Waals surface area contributed by atoms with Crippen molar-refractivity contribution in [1.82, 2.24) is 14.9 Å². The first-order valence-corrected chi connectivity index (χ1v) is 8.36. The second kappa shape index (κ2) is 7.90. The number of benzene rings is 1. The molecular weight excluding hydrogens is 334 g/mol. The van der Waals surface area contributed by atoms with Crippen LogP contribution in [-0.4, -0.2) is 20.8 Å². The molecule has 0 bridgehead atoms. The molecule has 1 amide bonds. The van der Waals surface area contributed by atoms with E-state index in [1.54, 1.807) is 35.6 Å². The van der Waals surface area contributed by atoms with Crippen LogP contribution in [0.3, 0.4) is 0 Å². The lowest BCUT2D eigenvalue weighted by atomic mass is 10.1. The number of carbonyl (C=O) groups is 1. The largest absolute Gasteiger partial charge is 0.330 e. The third kappa shape index (κ3) is 4.22. The summed E-state index contributed by atoms with van der Waals surface area (Å²) in [7, 11) is 0. The van der Waals surface area contributed by atoms with Gasteiger partial charge in [0, 0.05) is 31.7 Å². The van der Waals surface area contributed by atoms with Gasteiger partial charge in [-0.3, -0.25) is 9.78 Å². The Morgan fingerprint density at radius 1 is 1.04 bits per heavy atom. The zero-order valence-electron chi connectivity index (χ0n) is 13.9. The smallest absolute Gasteiger partial charge is 0.257 e. The van der Waals surface area contributed by atoms with Gasteiger partial charge in [0.05, 0.1) is 5.56 Å². The molecule has 2 heterocycles. The molecule has 0 radical (unpaired) electrons. The summed E-state index contributed by atoms with van der Waals surface area (Å²) >= 11 is 6.13. The summed E-state index contributed by atoms with van der Waals surface area (Å²) in [5.74, 6) is -0.148. The number of carbonyl (C=O) groups excluding carboxylic acids is 1. The molecule has 126 valence electrons.